The van der Waals surface area contributed by atoms with Gasteiger partial charge in [0.05, 0.1) is 5.56 Å². The predicted octanol–water partition coefficient (Wildman–Crippen LogP) is 4.40. The van der Waals surface area contributed by atoms with E-state index in [9.17, 15) is 18.0 Å². The average Bonchev–Trinajstić information content (AvgIpc) is 3.30. The molecule has 6 nitrogen and oxygen atoms in total. The molecule has 0 saturated carbocycles. The molecule has 2 heterocycles. The van der Waals surface area contributed by atoms with Crippen LogP contribution in [0.5, 0.6) is 0 Å². The maximum absolute atomic E-state index is 12.9. The zero-order valence-electron chi connectivity index (χ0n) is 15.1. The number of amides is 2. The highest BCUT2D eigenvalue weighted by Crippen LogP contribution is 2.34. The Kier molecular flexibility index (Phi) is 5.38. The Morgan fingerprint density at radius 1 is 1.44 bits per heavy atom. The van der Waals surface area contributed by atoms with Crippen molar-refractivity contribution >= 4 is 6.03 Å². The van der Waals surface area contributed by atoms with Crippen molar-refractivity contribution < 1.29 is 22.5 Å². The summed E-state index contributed by atoms with van der Waals surface area (Å²) in [5, 5.41) is 6.72. The Morgan fingerprint density at radius 3 is 2.93 bits per heavy atom. The van der Waals surface area contributed by atoms with Crippen LogP contribution in [-0.2, 0) is 6.18 Å². The minimum Gasteiger partial charge on any atom is -0.337 e. The van der Waals surface area contributed by atoms with Crippen molar-refractivity contribution in [3.8, 4) is 11.4 Å². The number of nitrogens with zero attached hydrogens (tertiary/aromatic N) is 3. The van der Waals surface area contributed by atoms with Crippen LogP contribution in [0.3, 0.4) is 0 Å². The zero-order valence-corrected chi connectivity index (χ0v) is 15.1. The van der Waals surface area contributed by atoms with E-state index in [4.69, 9.17) is 4.52 Å². The van der Waals surface area contributed by atoms with Crippen molar-refractivity contribution in [2.24, 2.45) is 0 Å². The van der Waals surface area contributed by atoms with Gasteiger partial charge in [-0.05, 0) is 38.3 Å². The van der Waals surface area contributed by atoms with Crippen LogP contribution < -0.4 is 5.32 Å². The topological polar surface area (TPSA) is 71.3 Å². The molecular formula is C18H21F3N4O2. The van der Waals surface area contributed by atoms with E-state index in [-0.39, 0.29) is 35.4 Å². The molecule has 0 radical (unpaired) electrons. The molecule has 1 aromatic carbocycles. The fourth-order valence-electron chi connectivity index (χ4n) is 2.98. The number of carbonyl (C=O) groups is 1. The second-order valence-corrected chi connectivity index (χ2v) is 6.64. The number of alkyl halides is 3. The van der Waals surface area contributed by atoms with E-state index in [2.05, 4.69) is 15.5 Å². The van der Waals surface area contributed by atoms with Crippen LogP contribution in [0.15, 0.2) is 28.8 Å². The molecule has 0 aliphatic carbocycles. The summed E-state index contributed by atoms with van der Waals surface area (Å²) in [5.74, 6) is 0.310. The van der Waals surface area contributed by atoms with Gasteiger partial charge < -0.3 is 14.7 Å². The van der Waals surface area contributed by atoms with Crippen molar-refractivity contribution in [1.82, 2.24) is 20.4 Å². The second-order valence-electron chi connectivity index (χ2n) is 6.64. The molecule has 0 spiro atoms. The first-order valence-electron chi connectivity index (χ1n) is 8.88. The summed E-state index contributed by atoms with van der Waals surface area (Å²) in [6, 6.07) is 4.23. The quantitative estimate of drug-likeness (QED) is 0.851. The smallest absolute Gasteiger partial charge is 0.337 e. The third-order valence-electron chi connectivity index (χ3n) is 4.67. The second kappa shape index (κ2) is 7.58. The number of likely N-dealkylation sites (tertiary alicyclic amines) is 1. The van der Waals surface area contributed by atoms with Gasteiger partial charge in [-0.15, -0.1) is 0 Å². The van der Waals surface area contributed by atoms with E-state index in [0.29, 0.717) is 13.0 Å². The Labute approximate surface area is 154 Å². The Balaban J connectivity index is 1.80. The minimum absolute atomic E-state index is 0.0436. The van der Waals surface area contributed by atoms with E-state index in [1.807, 2.05) is 13.8 Å². The lowest BCUT2D eigenvalue weighted by Crippen LogP contribution is -2.43. The van der Waals surface area contributed by atoms with Gasteiger partial charge in [0.1, 0.15) is 6.04 Å². The highest BCUT2D eigenvalue weighted by molar-refractivity contribution is 5.75. The van der Waals surface area contributed by atoms with Gasteiger partial charge in [0.25, 0.3) is 0 Å². The molecule has 1 saturated heterocycles. The van der Waals surface area contributed by atoms with Gasteiger partial charge in [-0.2, -0.15) is 18.2 Å². The number of benzene rings is 1. The lowest BCUT2D eigenvalue weighted by atomic mass is 10.1. The highest BCUT2D eigenvalue weighted by Gasteiger charge is 2.35. The molecule has 1 fully saturated rings. The first kappa shape index (κ1) is 19.2. The molecule has 9 heteroatoms. The van der Waals surface area contributed by atoms with Crippen LogP contribution in [0, 0.1) is 0 Å². The number of urea groups is 1. The molecular weight excluding hydrogens is 361 g/mol. The van der Waals surface area contributed by atoms with Crippen molar-refractivity contribution in [3.05, 3.63) is 35.7 Å². The molecule has 0 bridgehead atoms. The molecule has 1 N–H and O–H groups in total. The van der Waals surface area contributed by atoms with E-state index in [0.717, 1.165) is 25.0 Å². The van der Waals surface area contributed by atoms with Crippen LogP contribution in [-0.4, -0.2) is 33.7 Å². The molecule has 2 amide bonds. The van der Waals surface area contributed by atoms with Gasteiger partial charge in [-0.25, -0.2) is 4.79 Å². The van der Waals surface area contributed by atoms with Crippen molar-refractivity contribution in [1.29, 1.82) is 0 Å². The number of carbonyl (C=O) groups excluding carboxylic acids is 1. The summed E-state index contributed by atoms with van der Waals surface area (Å²) in [6.45, 7) is 4.46. The normalized spacial score (nSPS) is 18.6. The largest absolute Gasteiger partial charge is 0.416 e. The standard InChI is InChI=1S/C18H21F3N4O2/c1-3-11(2)22-17(26)25-9-5-8-14(25)16-23-15(24-27-16)12-6-4-7-13(10-12)18(19,20)21/h4,6-7,10-11,14H,3,5,8-9H2,1-2H3,(H,22,26)/t11-,14-/m0/s1. The predicted molar refractivity (Wildman–Crippen MR) is 91.7 cm³/mol. The fourth-order valence-corrected chi connectivity index (χ4v) is 2.98. The highest BCUT2D eigenvalue weighted by atomic mass is 19.4. The maximum atomic E-state index is 12.9. The van der Waals surface area contributed by atoms with Gasteiger partial charge in [-0.1, -0.05) is 24.2 Å². The van der Waals surface area contributed by atoms with Crippen LogP contribution >= 0.6 is 0 Å². The fraction of sp³-hybridized carbons (Fsp3) is 0.500. The molecule has 2 aromatic rings. The van der Waals surface area contributed by atoms with Crippen molar-refractivity contribution in [3.63, 3.8) is 0 Å². The van der Waals surface area contributed by atoms with Crippen LogP contribution in [0.1, 0.15) is 50.6 Å². The summed E-state index contributed by atoms with van der Waals surface area (Å²) in [5.41, 5.74) is -0.560. The van der Waals surface area contributed by atoms with Crippen molar-refractivity contribution in [2.45, 2.75) is 51.4 Å². The number of nitrogens with one attached hydrogen (secondary N) is 1. The summed E-state index contributed by atoms with van der Waals surface area (Å²) in [4.78, 5) is 18.3. The van der Waals surface area contributed by atoms with Crippen LogP contribution in [0.4, 0.5) is 18.0 Å². The zero-order chi connectivity index (χ0) is 19.6. The summed E-state index contributed by atoms with van der Waals surface area (Å²) in [6.07, 6.45) is -2.18. The molecule has 1 aliphatic heterocycles. The number of hydrogen-bond donors (Lipinski definition) is 1. The SMILES string of the molecule is CC[C@H](C)NC(=O)N1CCC[C@H]1c1nc(-c2cccc(C(F)(F)F)c2)no1. The number of aromatic nitrogens is 2. The van der Waals surface area contributed by atoms with Gasteiger partial charge in [0, 0.05) is 18.2 Å². The molecule has 2 atom stereocenters. The molecule has 0 unspecified atom stereocenters. The average molecular weight is 382 g/mol. The third-order valence-corrected chi connectivity index (χ3v) is 4.67. The van der Waals surface area contributed by atoms with E-state index >= 15 is 0 Å². The van der Waals surface area contributed by atoms with Gasteiger partial charge in [0.2, 0.25) is 11.7 Å². The van der Waals surface area contributed by atoms with E-state index < -0.39 is 11.7 Å². The van der Waals surface area contributed by atoms with Crippen LogP contribution in [0.25, 0.3) is 11.4 Å². The number of halogens is 3. The number of hydrogen-bond acceptors (Lipinski definition) is 4. The Hall–Kier alpha value is -2.58. The molecule has 3 rings (SSSR count). The summed E-state index contributed by atoms with van der Waals surface area (Å²) < 4.78 is 44.0. The molecule has 146 valence electrons. The monoisotopic (exact) mass is 382 g/mol. The number of rotatable bonds is 4. The summed E-state index contributed by atoms with van der Waals surface area (Å²) >= 11 is 0. The van der Waals surface area contributed by atoms with E-state index in [1.54, 1.807) is 4.90 Å². The summed E-state index contributed by atoms with van der Waals surface area (Å²) in [7, 11) is 0. The Bertz CT molecular complexity index is 806. The van der Waals surface area contributed by atoms with Gasteiger partial charge in [-0.3, -0.25) is 0 Å². The lowest BCUT2D eigenvalue weighted by Gasteiger charge is -2.24. The maximum Gasteiger partial charge on any atom is 0.416 e. The molecule has 27 heavy (non-hydrogen) atoms. The van der Waals surface area contributed by atoms with Gasteiger partial charge >= 0.3 is 12.2 Å². The van der Waals surface area contributed by atoms with Crippen molar-refractivity contribution in [2.75, 3.05) is 6.54 Å². The Morgan fingerprint density at radius 2 is 2.22 bits per heavy atom. The van der Waals surface area contributed by atoms with E-state index in [1.165, 1.54) is 12.1 Å². The molecule has 1 aromatic heterocycles. The minimum atomic E-state index is -4.45. The molecule has 1 aliphatic rings. The third kappa shape index (κ3) is 4.23. The van der Waals surface area contributed by atoms with Gasteiger partial charge in [0.15, 0.2) is 0 Å². The lowest BCUT2D eigenvalue weighted by molar-refractivity contribution is -0.137. The van der Waals surface area contributed by atoms with Crippen LogP contribution in [0.2, 0.25) is 0 Å². The first-order chi connectivity index (χ1) is 12.8. The first-order valence-corrected chi connectivity index (χ1v) is 8.88.